The van der Waals surface area contributed by atoms with Crippen LogP contribution >= 0.6 is 15.9 Å². The molecule has 0 aliphatic carbocycles. The zero-order valence-corrected chi connectivity index (χ0v) is 9.05. The summed E-state index contributed by atoms with van der Waals surface area (Å²) in [4.78, 5) is 32.3. The van der Waals surface area contributed by atoms with Crippen LogP contribution < -0.4 is 4.89 Å². The molecule has 1 aromatic heterocycles. The van der Waals surface area contributed by atoms with Crippen molar-refractivity contribution in [2.45, 2.75) is 6.92 Å². The van der Waals surface area contributed by atoms with E-state index in [0.29, 0.717) is 0 Å². The van der Waals surface area contributed by atoms with E-state index >= 15 is 0 Å². The fraction of sp³-hybridized carbons (Fsp3) is 0.143. The number of aromatic nitrogens is 1. The first-order valence-electron chi connectivity index (χ1n) is 3.66. The number of carbonyl (C=O) groups excluding carboxylic acids is 1. The van der Waals surface area contributed by atoms with E-state index in [2.05, 4.69) is 30.7 Å². The highest BCUT2D eigenvalue weighted by molar-refractivity contribution is 9.10. The molecule has 0 aliphatic heterocycles. The van der Waals surface area contributed by atoms with E-state index in [0.717, 1.165) is 6.92 Å². The average molecular weight is 277 g/mol. The number of halogens is 1. The van der Waals surface area contributed by atoms with Gasteiger partial charge in [-0.1, -0.05) is 0 Å². The molecule has 0 amide bonds. The zero-order valence-electron chi connectivity index (χ0n) is 7.47. The summed E-state index contributed by atoms with van der Waals surface area (Å²) in [6, 6.07) is 2.68. The van der Waals surface area contributed by atoms with Crippen molar-refractivity contribution in [1.82, 2.24) is 4.98 Å². The van der Waals surface area contributed by atoms with Gasteiger partial charge in [0, 0.05) is 28.9 Å². The maximum absolute atomic E-state index is 10.5. The minimum absolute atomic E-state index is 0.238. The molecule has 0 fully saturated rings. The van der Waals surface area contributed by atoms with Crippen molar-refractivity contribution < 1.29 is 19.5 Å². The van der Waals surface area contributed by atoms with Crippen LogP contribution in [0.5, 0.6) is 5.75 Å². The van der Waals surface area contributed by atoms with Crippen molar-refractivity contribution in [2.24, 2.45) is 0 Å². The lowest BCUT2D eigenvalue weighted by Gasteiger charge is -2.01. The number of carbonyl (C=O) groups is 1. The first-order valence-corrected chi connectivity index (χ1v) is 4.46. The highest BCUT2D eigenvalue weighted by Gasteiger charge is 2.20. The van der Waals surface area contributed by atoms with Gasteiger partial charge in [0.05, 0.1) is 0 Å². The highest BCUT2D eigenvalue weighted by Crippen LogP contribution is 2.26. The average Bonchev–Trinajstić information content (AvgIpc) is 2.15. The fourth-order valence-corrected chi connectivity index (χ4v) is 1.01. The smallest absolute Gasteiger partial charge is 0.358 e. The Morgan fingerprint density at radius 3 is 2.80 bits per heavy atom. The molecular weight excluding hydrogens is 272 g/mol. The van der Waals surface area contributed by atoms with Gasteiger partial charge >= 0.3 is 11.8 Å². The van der Waals surface area contributed by atoms with Crippen LogP contribution in [0.2, 0.25) is 0 Å². The maximum Gasteiger partial charge on any atom is 0.412 e. The predicted molar refractivity (Wildman–Crippen MR) is 51.0 cm³/mol. The Balaban J connectivity index is 2.95. The van der Waals surface area contributed by atoms with Gasteiger partial charge in [0.25, 0.3) is 5.75 Å². The number of hydrogen-bond donors (Lipinski definition) is 0. The van der Waals surface area contributed by atoms with E-state index in [-0.39, 0.29) is 10.4 Å². The molecule has 15 heavy (non-hydrogen) atoms. The second kappa shape index (κ2) is 4.69. The van der Waals surface area contributed by atoms with Gasteiger partial charge in [-0.25, -0.2) is 4.79 Å². The summed E-state index contributed by atoms with van der Waals surface area (Å²) in [5, 5.41) is 10.5. The largest absolute Gasteiger partial charge is 0.412 e. The van der Waals surface area contributed by atoms with Gasteiger partial charge in [-0.2, -0.15) is 0 Å². The summed E-state index contributed by atoms with van der Waals surface area (Å²) in [7, 11) is 0. The van der Waals surface area contributed by atoms with Gasteiger partial charge in [-0.15, -0.1) is 0 Å². The van der Waals surface area contributed by atoms with Crippen LogP contribution in [0.4, 0.5) is 5.82 Å². The van der Waals surface area contributed by atoms with Gasteiger partial charge in [0.15, 0.2) is 0 Å². The Hall–Kier alpha value is -1.70. The van der Waals surface area contributed by atoms with E-state index in [1.807, 2.05) is 0 Å². The minimum atomic E-state index is -0.746. The molecule has 0 saturated heterocycles. The van der Waals surface area contributed by atoms with Crippen molar-refractivity contribution >= 4 is 27.7 Å². The van der Waals surface area contributed by atoms with Gasteiger partial charge < -0.3 is 10.1 Å². The van der Waals surface area contributed by atoms with Gasteiger partial charge in [0.1, 0.15) is 0 Å². The van der Waals surface area contributed by atoms with Crippen LogP contribution in [0.3, 0.4) is 0 Å². The first kappa shape index (κ1) is 11.4. The van der Waals surface area contributed by atoms with Crippen LogP contribution in [-0.2, 0) is 9.68 Å². The predicted octanol–water partition coefficient (Wildman–Crippen LogP) is 1.61. The van der Waals surface area contributed by atoms with E-state index in [1.165, 1.54) is 12.1 Å². The number of pyridine rings is 1. The highest BCUT2D eigenvalue weighted by atomic mass is 79.9. The molecule has 0 saturated carbocycles. The molecule has 1 heterocycles. The number of hydrogen-bond acceptors (Lipinski definition) is 6. The van der Waals surface area contributed by atoms with E-state index in [9.17, 15) is 14.9 Å². The first-order chi connectivity index (χ1) is 7.00. The lowest BCUT2D eigenvalue weighted by molar-refractivity contribution is -0.392. The lowest BCUT2D eigenvalue weighted by Crippen LogP contribution is -2.05. The molecule has 0 N–H and O–H groups in total. The van der Waals surface area contributed by atoms with E-state index < -0.39 is 16.7 Å². The Morgan fingerprint density at radius 1 is 1.60 bits per heavy atom. The summed E-state index contributed by atoms with van der Waals surface area (Å²) in [6.45, 7) is 1.11. The van der Waals surface area contributed by atoms with Gasteiger partial charge in [-0.3, -0.25) is 9.78 Å². The molecule has 80 valence electrons. The number of rotatable bonds is 3. The molecule has 1 aromatic rings. The summed E-state index contributed by atoms with van der Waals surface area (Å²) in [5.74, 6) is -1.49. The van der Waals surface area contributed by atoms with Gasteiger partial charge in [-0.05, 0) is 16.0 Å². The molecule has 7 nitrogen and oxygen atoms in total. The Morgan fingerprint density at radius 2 is 2.27 bits per heavy atom. The van der Waals surface area contributed by atoms with Crippen LogP contribution in [0, 0.1) is 10.1 Å². The SMILES string of the molecule is CC(=O)OOc1ccc(Br)nc1[N+](=O)[O-]. The van der Waals surface area contributed by atoms with Gasteiger partial charge in [0.2, 0.25) is 4.60 Å². The Kier molecular flexibility index (Phi) is 3.56. The number of nitro groups is 1. The normalized spacial score (nSPS) is 9.47. The third kappa shape index (κ3) is 3.17. The lowest BCUT2D eigenvalue weighted by atomic mass is 10.4. The standard InChI is InChI=1S/C7H5BrN2O5/c1-4(11)14-15-5-2-3-6(8)9-7(5)10(12)13/h2-3H,1H3. The third-order valence-electron chi connectivity index (χ3n) is 1.23. The molecule has 0 bridgehead atoms. The molecule has 8 heteroatoms. The van der Waals surface area contributed by atoms with Crippen molar-refractivity contribution in [2.75, 3.05) is 0 Å². The summed E-state index contributed by atoms with van der Waals surface area (Å²) >= 11 is 2.97. The second-order valence-corrected chi connectivity index (χ2v) is 3.18. The van der Waals surface area contributed by atoms with Crippen molar-refractivity contribution in [3.63, 3.8) is 0 Å². The summed E-state index contributed by atoms with van der Waals surface area (Å²) in [5.41, 5.74) is 0. The minimum Gasteiger partial charge on any atom is -0.358 e. The van der Waals surface area contributed by atoms with Crippen molar-refractivity contribution in [1.29, 1.82) is 0 Å². The van der Waals surface area contributed by atoms with Crippen LogP contribution in [0.1, 0.15) is 6.92 Å². The summed E-state index contributed by atoms with van der Waals surface area (Å²) < 4.78 is 0.282. The third-order valence-corrected chi connectivity index (χ3v) is 1.67. The Labute approximate surface area is 92.2 Å². The van der Waals surface area contributed by atoms with Crippen LogP contribution in [0.15, 0.2) is 16.7 Å². The molecule has 1 rings (SSSR count). The van der Waals surface area contributed by atoms with Crippen molar-refractivity contribution in [3.05, 3.63) is 26.9 Å². The number of nitrogens with zero attached hydrogens (tertiary/aromatic N) is 2. The molecule has 0 unspecified atom stereocenters. The van der Waals surface area contributed by atoms with E-state index in [4.69, 9.17) is 0 Å². The van der Waals surface area contributed by atoms with Crippen LogP contribution in [-0.4, -0.2) is 15.9 Å². The molecule has 0 aromatic carbocycles. The second-order valence-electron chi connectivity index (χ2n) is 2.37. The fourth-order valence-electron chi connectivity index (χ4n) is 0.712. The monoisotopic (exact) mass is 276 g/mol. The quantitative estimate of drug-likeness (QED) is 0.360. The molecule has 0 atom stereocenters. The zero-order chi connectivity index (χ0) is 11.4. The van der Waals surface area contributed by atoms with Crippen molar-refractivity contribution in [3.8, 4) is 5.75 Å². The maximum atomic E-state index is 10.5. The molecular formula is C7H5BrN2O5. The van der Waals surface area contributed by atoms with E-state index in [1.54, 1.807) is 0 Å². The molecule has 0 aliphatic rings. The topological polar surface area (TPSA) is 91.6 Å². The Bertz CT molecular complexity index is 408. The van der Waals surface area contributed by atoms with Crippen LogP contribution in [0.25, 0.3) is 0 Å². The molecule has 0 radical (unpaired) electrons. The summed E-state index contributed by atoms with van der Waals surface area (Å²) in [6.07, 6.45) is 0. The molecule has 0 spiro atoms.